The van der Waals surface area contributed by atoms with E-state index in [0.29, 0.717) is 0 Å². The van der Waals surface area contributed by atoms with Crippen molar-refractivity contribution in [2.45, 2.75) is 58.9 Å². The summed E-state index contributed by atoms with van der Waals surface area (Å²) in [7, 11) is 2.07. The highest BCUT2D eigenvalue weighted by Gasteiger charge is 2.24. The summed E-state index contributed by atoms with van der Waals surface area (Å²) in [6, 6.07) is 0.834. The van der Waals surface area contributed by atoms with E-state index in [1.807, 2.05) is 0 Å². The van der Waals surface area contributed by atoms with E-state index in [1.165, 1.54) is 51.7 Å². The third-order valence-corrected chi connectivity index (χ3v) is 4.50. The highest BCUT2D eigenvalue weighted by molar-refractivity contribution is 4.79. The maximum atomic E-state index is 3.32. The summed E-state index contributed by atoms with van der Waals surface area (Å²) in [6.07, 6.45) is 6.81. The van der Waals surface area contributed by atoms with Gasteiger partial charge >= 0.3 is 0 Å². The molecule has 1 saturated heterocycles. The molecule has 2 heteroatoms. The Morgan fingerprint density at radius 2 is 1.82 bits per heavy atom. The van der Waals surface area contributed by atoms with E-state index < -0.39 is 0 Å². The Morgan fingerprint density at radius 3 is 2.29 bits per heavy atom. The van der Waals surface area contributed by atoms with Crippen LogP contribution in [0, 0.1) is 11.8 Å². The first-order chi connectivity index (χ1) is 8.21. The lowest BCUT2D eigenvalue weighted by molar-refractivity contribution is 0.113. The molecule has 0 saturated carbocycles. The van der Waals surface area contributed by atoms with Gasteiger partial charge in [-0.25, -0.2) is 0 Å². The second-order valence-electron chi connectivity index (χ2n) is 5.85. The van der Waals surface area contributed by atoms with E-state index >= 15 is 0 Å². The molecule has 0 bridgehead atoms. The molecule has 0 aromatic rings. The Hall–Kier alpha value is -0.0800. The van der Waals surface area contributed by atoms with Crippen LogP contribution in [0.3, 0.4) is 0 Å². The molecule has 1 heterocycles. The minimum atomic E-state index is 0.834. The summed E-state index contributed by atoms with van der Waals surface area (Å²) in [4.78, 5) is 2.75. The summed E-state index contributed by atoms with van der Waals surface area (Å²) in [6.45, 7) is 10.9. The van der Waals surface area contributed by atoms with Gasteiger partial charge in [0.15, 0.2) is 0 Å². The van der Waals surface area contributed by atoms with Crippen molar-refractivity contribution in [2.75, 3.05) is 26.7 Å². The average Bonchev–Trinajstić information content (AvgIpc) is 2.37. The number of likely N-dealkylation sites (tertiary alicyclic amines) is 1. The van der Waals surface area contributed by atoms with Gasteiger partial charge in [0.1, 0.15) is 0 Å². The van der Waals surface area contributed by atoms with Crippen LogP contribution in [0.1, 0.15) is 52.9 Å². The van der Waals surface area contributed by atoms with Gasteiger partial charge in [0.05, 0.1) is 0 Å². The molecular formula is C15H32N2. The van der Waals surface area contributed by atoms with Crippen molar-refractivity contribution in [1.29, 1.82) is 0 Å². The molecule has 102 valence electrons. The van der Waals surface area contributed by atoms with Gasteiger partial charge in [-0.2, -0.15) is 0 Å². The van der Waals surface area contributed by atoms with Crippen LogP contribution < -0.4 is 5.32 Å². The van der Waals surface area contributed by atoms with Crippen LogP contribution in [-0.4, -0.2) is 37.6 Å². The van der Waals surface area contributed by atoms with Crippen molar-refractivity contribution in [3.8, 4) is 0 Å². The molecule has 1 fully saturated rings. The number of nitrogens with one attached hydrogen (secondary N) is 1. The Morgan fingerprint density at radius 1 is 1.18 bits per heavy atom. The zero-order valence-corrected chi connectivity index (χ0v) is 12.3. The van der Waals surface area contributed by atoms with Gasteiger partial charge in [0, 0.05) is 6.04 Å². The Labute approximate surface area is 108 Å². The predicted molar refractivity (Wildman–Crippen MR) is 76.4 cm³/mol. The first kappa shape index (κ1) is 15.0. The van der Waals surface area contributed by atoms with Crippen LogP contribution in [0.2, 0.25) is 0 Å². The second-order valence-corrected chi connectivity index (χ2v) is 5.85. The first-order valence-electron chi connectivity index (χ1n) is 7.59. The molecule has 0 amide bonds. The lowest BCUT2D eigenvalue weighted by Gasteiger charge is -2.38. The van der Waals surface area contributed by atoms with E-state index in [9.17, 15) is 0 Å². The van der Waals surface area contributed by atoms with Crippen molar-refractivity contribution < 1.29 is 0 Å². The topological polar surface area (TPSA) is 15.3 Å². The Balaban J connectivity index is 2.34. The summed E-state index contributed by atoms with van der Waals surface area (Å²) < 4.78 is 0. The first-order valence-corrected chi connectivity index (χ1v) is 7.59. The van der Waals surface area contributed by atoms with Crippen LogP contribution in [0.4, 0.5) is 0 Å². The Kier molecular flexibility index (Phi) is 7.14. The fourth-order valence-corrected chi connectivity index (χ4v) is 3.02. The lowest BCUT2D eigenvalue weighted by atomic mass is 9.92. The van der Waals surface area contributed by atoms with Gasteiger partial charge in [0.2, 0.25) is 0 Å². The van der Waals surface area contributed by atoms with E-state index in [2.05, 4.69) is 38.0 Å². The highest BCUT2D eigenvalue weighted by atomic mass is 15.2. The SMILES string of the molecule is CCC(C)CC(CC)N1CCC(CNC)CC1. The zero-order chi connectivity index (χ0) is 12.7. The summed E-state index contributed by atoms with van der Waals surface area (Å²) in [5.74, 6) is 1.80. The van der Waals surface area contributed by atoms with Crippen molar-refractivity contribution in [1.82, 2.24) is 10.2 Å². The van der Waals surface area contributed by atoms with Gasteiger partial charge in [0.25, 0.3) is 0 Å². The van der Waals surface area contributed by atoms with E-state index in [4.69, 9.17) is 0 Å². The van der Waals surface area contributed by atoms with Gasteiger partial charge in [-0.1, -0.05) is 27.2 Å². The molecule has 0 aromatic carbocycles. The number of piperidine rings is 1. The standard InChI is InChI=1S/C15H32N2/c1-5-13(3)11-15(6-2)17-9-7-14(8-10-17)12-16-4/h13-16H,5-12H2,1-4H3. The molecule has 2 nitrogen and oxygen atoms in total. The zero-order valence-electron chi connectivity index (χ0n) is 12.3. The Bertz CT molecular complexity index is 185. The molecule has 17 heavy (non-hydrogen) atoms. The molecule has 1 aliphatic heterocycles. The maximum Gasteiger partial charge on any atom is 0.00951 e. The fraction of sp³-hybridized carbons (Fsp3) is 1.00. The van der Waals surface area contributed by atoms with E-state index in [1.54, 1.807) is 0 Å². The molecule has 0 radical (unpaired) electrons. The number of hydrogen-bond donors (Lipinski definition) is 1. The molecule has 1 rings (SSSR count). The van der Waals surface area contributed by atoms with Gasteiger partial charge in [-0.15, -0.1) is 0 Å². The second kappa shape index (κ2) is 8.10. The van der Waals surface area contributed by atoms with E-state index in [0.717, 1.165) is 17.9 Å². The van der Waals surface area contributed by atoms with Crippen molar-refractivity contribution in [3.63, 3.8) is 0 Å². The molecule has 1 N–H and O–H groups in total. The average molecular weight is 240 g/mol. The van der Waals surface area contributed by atoms with Gasteiger partial charge in [-0.05, 0) is 64.2 Å². The normalized spacial score (nSPS) is 22.6. The minimum Gasteiger partial charge on any atom is -0.319 e. The predicted octanol–water partition coefficient (Wildman–Crippen LogP) is 3.13. The molecular weight excluding hydrogens is 208 g/mol. The number of hydrogen-bond acceptors (Lipinski definition) is 2. The molecule has 2 atom stereocenters. The number of rotatable bonds is 7. The molecule has 1 aliphatic rings. The van der Waals surface area contributed by atoms with Crippen molar-refractivity contribution in [2.24, 2.45) is 11.8 Å². The fourth-order valence-electron chi connectivity index (χ4n) is 3.02. The van der Waals surface area contributed by atoms with Crippen LogP contribution >= 0.6 is 0 Å². The van der Waals surface area contributed by atoms with Crippen LogP contribution in [-0.2, 0) is 0 Å². The summed E-state index contributed by atoms with van der Waals surface area (Å²) in [5.41, 5.74) is 0. The molecule has 2 unspecified atom stereocenters. The summed E-state index contributed by atoms with van der Waals surface area (Å²) in [5, 5.41) is 3.32. The third kappa shape index (κ3) is 4.97. The smallest absolute Gasteiger partial charge is 0.00951 e. The van der Waals surface area contributed by atoms with Crippen molar-refractivity contribution in [3.05, 3.63) is 0 Å². The molecule has 0 aromatic heterocycles. The molecule has 0 spiro atoms. The van der Waals surface area contributed by atoms with Crippen molar-refractivity contribution >= 4 is 0 Å². The summed E-state index contributed by atoms with van der Waals surface area (Å²) >= 11 is 0. The van der Waals surface area contributed by atoms with Crippen LogP contribution in [0.25, 0.3) is 0 Å². The van der Waals surface area contributed by atoms with Crippen LogP contribution in [0.15, 0.2) is 0 Å². The van der Waals surface area contributed by atoms with Gasteiger partial charge in [-0.3, -0.25) is 0 Å². The van der Waals surface area contributed by atoms with E-state index in [-0.39, 0.29) is 0 Å². The minimum absolute atomic E-state index is 0.834. The molecule has 0 aliphatic carbocycles. The lowest BCUT2D eigenvalue weighted by Crippen LogP contribution is -2.43. The van der Waals surface area contributed by atoms with Crippen LogP contribution in [0.5, 0.6) is 0 Å². The largest absolute Gasteiger partial charge is 0.319 e. The number of nitrogens with zero attached hydrogens (tertiary/aromatic N) is 1. The quantitative estimate of drug-likeness (QED) is 0.735. The monoisotopic (exact) mass is 240 g/mol. The maximum absolute atomic E-state index is 3.32. The highest BCUT2D eigenvalue weighted by Crippen LogP contribution is 2.23. The third-order valence-electron chi connectivity index (χ3n) is 4.50. The van der Waals surface area contributed by atoms with Gasteiger partial charge < -0.3 is 10.2 Å².